The first kappa shape index (κ1) is 15.8. The van der Waals surface area contributed by atoms with Crippen molar-refractivity contribution in [3.05, 3.63) is 35.6 Å². The Hall–Kier alpha value is -1.62. The van der Waals surface area contributed by atoms with E-state index in [9.17, 15) is 9.18 Å². The highest BCUT2D eigenvalue weighted by Gasteiger charge is 2.32. The molecule has 1 aliphatic heterocycles. The predicted octanol–water partition coefficient (Wildman–Crippen LogP) is 2.88. The van der Waals surface area contributed by atoms with Gasteiger partial charge in [-0.25, -0.2) is 9.18 Å². The van der Waals surface area contributed by atoms with Crippen molar-refractivity contribution in [1.29, 1.82) is 0 Å². The van der Waals surface area contributed by atoms with Crippen molar-refractivity contribution in [2.75, 3.05) is 13.1 Å². The van der Waals surface area contributed by atoms with E-state index in [1.54, 1.807) is 11.0 Å². The number of hydrogen-bond donors (Lipinski definition) is 1. The van der Waals surface area contributed by atoms with Crippen LogP contribution in [0.3, 0.4) is 0 Å². The number of benzene rings is 1. The number of likely N-dealkylation sites (tertiary alicyclic amines) is 1. The molecule has 1 amide bonds. The molecule has 116 valence electrons. The molecule has 2 atom stereocenters. The molecule has 0 unspecified atom stereocenters. The Morgan fingerprint density at radius 3 is 2.71 bits per heavy atom. The van der Waals surface area contributed by atoms with Crippen LogP contribution in [0.4, 0.5) is 9.18 Å². The van der Waals surface area contributed by atoms with Crippen LogP contribution in [-0.2, 0) is 4.74 Å². The predicted molar refractivity (Wildman–Crippen MR) is 79.5 cm³/mol. The number of rotatable bonds is 1. The van der Waals surface area contributed by atoms with Crippen molar-refractivity contribution in [2.24, 2.45) is 5.73 Å². The quantitative estimate of drug-likeness (QED) is 0.866. The molecule has 5 heteroatoms. The average molecular weight is 294 g/mol. The molecule has 0 aliphatic carbocycles. The molecule has 1 heterocycles. The van der Waals surface area contributed by atoms with E-state index in [4.69, 9.17) is 10.5 Å². The topological polar surface area (TPSA) is 55.6 Å². The molecule has 2 N–H and O–H groups in total. The molecule has 0 spiro atoms. The SMILES string of the molecule is CC(C)(C)OC(=O)N1CC[C@@H](c2cccc(F)c2)[C@@H](N)C1. The van der Waals surface area contributed by atoms with Crippen LogP contribution in [0.1, 0.15) is 38.7 Å². The first-order valence-electron chi connectivity index (χ1n) is 7.25. The standard InChI is InChI=1S/C16H23FN2O2/c1-16(2,3)21-15(20)19-8-7-13(14(18)10-19)11-5-4-6-12(17)9-11/h4-6,9,13-14H,7-8,10,18H2,1-3H3/t13-,14-/m0/s1. The van der Waals surface area contributed by atoms with Gasteiger partial charge in [0.1, 0.15) is 11.4 Å². The summed E-state index contributed by atoms with van der Waals surface area (Å²) in [4.78, 5) is 13.7. The van der Waals surface area contributed by atoms with Crippen molar-refractivity contribution in [1.82, 2.24) is 4.90 Å². The average Bonchev–Trinajstić information content (AvgIpc) is 2.36. The molecule has 1 aliphatic rings. The Morgan fingerprint density at radius 1 is 1.43 bits per heavy atom. The number of nitrogens with zero attached hydrogens (tertiary/aromatic N) is 1. The number of piperidine rings is 1. The Bertz CT molecular complexity index is 513. The van der Waals surface area contributed by atoms with Crippen molar-refractivity contribution in [3.8, 4) is 0 Å². The van der Waals surface area contributed by atoms with Gasteiger partial charge >= 0.3 is 6.09 Å². The molecule has 0 aromatic heterocycles. The van der Waals surface area contributed by atoms with Crippen LogP contribution in [0.15, 0.2) is 24.3 Å². The van der Waals surface area contributed by atoms with Crippen LogP contribution in [0, 0.1) is 5.82 Å². The fourth-order valence-corrected chi connectivity index (χ4v) is 2.63. The minimum Gasteiger partial charge on any atom is -0.444 e. The number of amides is 1. The van der Waals surface area contributed by atoms with Gasteiger partial charge in [0.2, 0.25) is 0 Å². The maximum Gasteiger partial charge on any atom is 0.410 e. The summed E-state index contributed by atoms with van der Waals surface area (Å²) < 4.78 is 18.7. The largest absolute Gasteiger partial charge is 0.444 e. The van der Waals surface area contributed by atoms with E-state index < -0.39 is 5.60 Å². The molecule has 21 heavy (non-hydrogen) atoms. The fraction of sp³-hybridized carbons (Fsp3) is 0.562. The summed E-state index contributed by atoms with van der Waals surface area (Å²) in [5, 5.41) is 0. The minimum absolute atomic E-state index is 0.0689. The van der Waals surface area contributed by atoms with Gasteiger partial charge in [0, 0.05) is 25.0 Å². The first-order valence-corrected chi connectivity index (χ1v) is 7.25. The van der Waals surface area contributed by atoms with Gasteiger partial charge < -0.3 is 15.4 Å². The van der Waals surface area contributed by atoms with E-state index in [0.717, 1.165) is 5.56 Å². The number of hydrogen-bond acceptors (Lipinski definition) is 3. The van der Waals surface area contributed by atoms with E-state index in [1.807, 2.05) is 26.8 Å². The third-order valence-corrected chi connectivity index (χ3v) is 3.59. The maximum absolute atomic E-state index is 13.3. The summed E-state index contributed by atoms with van der Waals surface area (Å²) in [7, 11) is 0. The first-order chi connectivity index (χ1) is 9.76. The van der Waals surface area contributed by atoms with Crippen LogP contribution >= 0.6 is 0 Å². The zero-order chi connectivity index (χ0) is 15.6. The van der Waals surface area contributed by atoms with Gasteiger partial charge in [-0.05, 0) is 44.9 Å². The summed E-state index contributed by atoms with van der Waals surface area (Å²) in [6.45, 7) is 6.51. The van der Waals surface area contributed by atoms with Crippen LogP contribution in [-0.4, -0.2) is 35.7 Å². The zero-order valence-electron chi connectivity index (χ0n) is 12.8. The van der Waals surface area contributed by atoms with Gasteiger partial charge in [-0.3, -0.25) is 0 Å². The molecular formula is C16H23FN2O2. The Kier molecular flexibility index (Phi) is 4.52. The summed E-state index contributed by atoms with van der Waals surface area (Å²) in [6, 6.07) is 6.31. The van der Waals surface area contributed by atoms with Crippen molar-refractivity contribution in [2.45, 2.75) is 44.8 Å². The molecule has 1 aromatic rings. The lowest BCUT2D eigenvalue weighted by Gasteiger charge is -2.37. The van der Waals surface area contributed by atoms with Gasteiger partial charge in [-0.1, -0.05) is 12.1 Å². The van der Waals surface area contributed by atoms with Crippen LogP contribution in [0.2, 0.25) is 0 Å². The fourth-order valence-electron chi connectivity index (χ4n) is 2.63. The minimum atomic E-state index is -0.513. The zero-order valence-corrected chi connectivity index (χ0v) is 12.8. The smallest absolute Gasteiger partial charge is 0.410 e. The molecule has 4 nitrogen and oxygen atoms in total. The van der Waals surface area contributed by atoms with E-state index in [0.29, 0.717) is 19.5 Å². The highest BCUT2D eigenvalue weighted by Crippen LogP contribution is 2.28. The molecule has 1 aromatic carbocycles. The number of nitrogens with two attached hydrogens (primary N) is 1. The van der Waals surface area contributed by atoms with Crippen molar-refractivity contribution < 1.29 is 13.9 Å². The summed E-state index contributed by atoms with van der Waals surface area (Å²) in [5.41, 5.74) is 6.56. The van der Waals surface area contributed by atoms with Crippen molar-refractivity contribution in [3.63, 3.8) is 0 Å². The number of ether oxygens (including phenoxy) is 1. The number of carbonyl (C=O) groups excluding carboxylic acids is 1. The highest BCUT2D eigenvalue weighted by molar-refractivity contribution is 5.68. The lowest BCUT2D eigenvalue weighted by Crippen LogP contribution is -2.50. The van der Waals surface area contributed by atoms with Gasteiger partial charge in [0.25, 0.3) is 0 Å². The molecule has 1 saturated heterocycles. The molecule has 2 rings (SSSR count). The lowest BCUT2D eigenvalue weighted by molar-refractivity contribution is 0.0186. The second-order valence-electron chi connectivity index (χ2n) is 6.54. The summed E-state index contributed by atoms with van der Waals surface area (Å²) in [5.74, 6) is -0.186. The van der Waals surface area contributed by atoms with Gasteiger partial charge in [0.15, 0.2) is 0 Å². The summed E-state index contributed by atoms with van der Waals surface area (Å²) >= 11 is 0. The van der Waals surface area contributed by atoms with E-state index in [-0.39, 0.29) is 23.9 Å². The van der Waals surface area contributed by atoms with Crippen LogP contribution in [0.5, 0.6) is 0 Å². The Morgan fingerprint density at radius 2 is 2.14 bits per heavy atom. The number of carbonyl (C=O) groups is 1. The van der Waals surface area contributed by atoms with E-state index in [1.165, 1.54) is 12.1 Å². The molecule has 0 saturated carbocycles. The number of halogens is 1. The highest BCUT2D eigenvalue weighted by atomic mass is 19.1. The second kappa shape index (κ2) is 6.02. The van der Waals surface area contributed by atoms with Crippen LogP contribution in [0.25, 0.3) is 0 Å². The van der Waals surface area contributed by atoms with E-state index in [2.05, 4.69) is 0 Å². The third-order valence-electron chi connectivity index (χ3n) is 3.59. The van der Waals surface area contributed by atoms with Gasteiger partial charge in [0.05, 0.1) is 0 Å². The Balaban J connectivity index is 2.01. The molecule has 1 fully saturated rings. The molecule has 0 radical (unpaired) electrons. The van der Waals surface area contributed by atoms with Crippen LogP contribution < -0.4 is 5.73 Å². The monoisotopic (exact) mass is 294 g/mol. The van der Waals surface area contributed by atoms with E-state index >= 15 is 0 Å². The molecule has 0 bridgehead atoms. The van der Waals surface area contributed by atoms with Gasteiger partial charge in [-0.2, -0.15) is 0 Å². The lowest BCUT2D eigenvalue weighted by atomic mass is 9.86. The maximum atomic E-state index is 13.3. The molecular weight excluding hydrogens is 271 g/mol. The van der Waals surface area contributed by atoms with Gasteiger partial charge in [-0.15, -0.1) is 0 Å². The second-order valence-corrected chi connectivity index (χ2v) is 6.54. The van der Waals surface area contributed by atoms with Crippen molar-refractivity contribution >= 4 is 6.09 Å². The third kappa shape index (κ3) is 4.17. The normalized spacial score (nSPS) is 23.0. The summed E-state index contributed by atoms with van der Waals surface area (Å²) in [6.07, 6.45) is 0.375. The Labute approximate surface area is 125 Å².